The molecule has 3 rings (SSSR count). The van der Waals surface area contributed by atoms with E-state index in [1.807, 2.05) is 12.1 Å². The summed E-state index contributed by atoms with van der Waals surface area (Å²) in [4.78, 5) is 18.8. The Morgan fingerprint density at radius 3 is 2.28 bits per heavy atom. The number of primary sulfonamides is 1. The first kappa shape index (κ1) is 17.4. The number of anilines is 2. The van der Waals surface area contributed by atoms with Gasteiger partial charge in [-0.05, 0) is 55.7 Å². The number of pyridine rings is 1. The minimum atomic E-state index is -3.77. The molecule has 1 aromatic heterocycles. The van der Waals surface area contributed by atoms with Gasteiger partial charge in [-0.2, -0.15) is 0 Å². The lowest BCUT2D eigenvalue weighted by molar-refractivity contribution is 0.102. The van der Waals surface area contributed by atoms with Crippen LogP contribution in [0.25, 0.3) is 0 Å². The van der Waals surface area contributed by atoms with Crippen molar-refractivity contribution in [2.45, 2.75) is 24.2 Å². The third kappa shape index (κ3) is 4.34. The zero-order chi connectivity index (χ0) is 17.9. The molecule has 0 spiro atoms. The average molecular weight is 360 g/mol. The molecular formula is C17H20N4O3S. The quantitative estimate of drug-likeness (QED) is 0.867. The molecule has 1 aliphatic heterocycles. The molecule has 0 radical (unpaired) electrons. The third-order valence-electron chi connectivity index (χ3n) is 4.13. The first-order chi connectivity index (χ1) is 11.9. The lowest BCUT2D eigenvalue weighted by Crippen LogP contribution is -2.30. The highest BCUT2D eigenvalue weighted by Gasteiger charge is 2.13. The molecule has 3 N–H and O–H groups in total. The summed E-state index contributed by atoms with van der Waals surface area (Å²) < 4.78 is 22.5. The Labute approximate surface area is 146 Å². The number of aromatic nitrogens is 1. The van der Waals surface area contributed by atoms with Gasteiger partial charge in [0.15, 0.2) is 0 Å². The summed E-state index contributed by atoms with van der Waals surface area (Å²) >= 11 is 0. The summed E-state index contributed by atoms with van der Waals surface area (Å²) in [7, 11) is -3.77. The van der Waals surface area contributed by atoms with Crippen LogP contribution in [0.15, 0.2) is 47.5 Å². The lowest BCUT2D eigenvalue weighted by atomic mass is 10.1. The van der Waals surface area contributed by atoms with Crippen molar-refractivity contribution in [1.82, 2.24) is 4.98 Å². The second-order valence-electron chi connectivity index (χ2n) is 5.98. The van der Waals surface area contributed by atoms with Gasteiger partial charge in [-0.1, -0.05) is 0 Å². The normalized spacial score (nSPS) is 15.0. The number of piperidine rings is 1. The number of benzene rings is 1. The number of nitrogens with two attached hydrogens (primary N) is 1. The standard InChI is InChI=1S/C17H20N4O3S/c18-25(23,24)15-7-4-13(5-8-15)17(22)20-14-6-9-16(19-12-14)21-10-2-1-3-11-21/h4-9,12H,1-3,10-11H2,(H,20,22)(H2,18,23,24). The van der Waals surface area contributed by atoms with Crippen LogP contribution in [0.2, 0.25) is 0 Å². The number of hydrogen-bond acceptors (Lipinski definition) is 5. The fraction of sp³-hybridized carbons (Fsp3) is 0.294. The molecule has 0 aliphatic carbocycles. The van der Waals surface area contributed by atoms with Crippen molar-refractivity contribution >= 4 is 27.4 Å². The lowest BCUT2D eigenvalue weighted by Gasteiger charge is -2.27. The summed E-state index contributed by atoms with van der Waals surface area (Å²) in [5.41, 5.74) is 0.925. The fourth-order valence-electron chi connectivity index (χ4n) is 2.77. The largest absolute Gasteiger partial charge is 0.357 e. The number of nitrogens with one attached hydrogen (secondary N) is 1. The number of carbonyl (C=O) groups is 1. The number of carbonyl (C=O) groups excluding carboxylic acids is 1. The van der Waals surface area contributed by atoms with Gasteiger partial charge in [-0.3, -0.25) is 4.79 Å². The van der Waals surface area contributed by atoms with Crippen LogP contribution >= 0.6 is 0 Å². The van der Waals surface area contributed by atoms with Crippen LogP contribution in [0.5, 0.6) is 0 Å². The maximum Gasteiger partial charge on any atom is 0.255 e. The Kier molecular flexibility index (Phi) is 5.00. The van der Waals surface area contributed by atoms with Crippen molar-refractivity contribution in [1.29, 1.82) is 0 Å². The average Bonchev–Trinajstić information content (AvgIpc) is 2.62. The minimum Gasteiger partial charge on any atom is -0.357 e. The molecule has 132 valence electrons. The Hall–Kier alpha value is -2.45. The zero-order valence-corrected chi connectivity index (χ0v) is 14.5. The van der Waals surface area contributed by atoms with Crippen LogP contribution in [-0.2, 0) is 10.0 Å². The smallest absolute Gasteiger partial charge is 0.255 e. The van der Waals surface area contributed by atoms with E-state index in [1.165, 1.54) is 43.5 Å². The number of hydrogen-bond donors (Lipinski definition) is 2. The predicted molar refractivity (Wildman–Crippen MR) is 96.1 cm³/mol. The van der Waals surface area contributed by atoms with E-state index in [0.717, 1.165) is 18.9 Å². The van der Waals surface area contributed by atoms with Crippen molar-refractivity contribution in [3.8, 4) is 0 Å². The van der Waals surface area contributed by atoms with Gasteiger partial charge < -0.3 is 10.2 Å². The van der Waals surface area contributed by atoms with Crippen LogP contribution < -0.4 is 15.4 Å². The van der Waals surface area contributed by atoms with Gasteiger partial charge in [0.05, 0.1) is 16.8 Å². The van der Waals surface area contributed by atoms with Crippen molar-refractivity contribution in [3.63, 3.8) is 0 Å². The maximum atomic E-state index is 12.2. The van der Waals surface area contributed by atoms with Gasteiger partial charge in [0.1, 0.15) is 5.82 Å². The second-order valence-corrected chi connectivity index (χ2v) is 7.54. The van der Waals surface area contributed by atoms with E-state index in [2.05, 4.69) is 15.2 Å². The van der Waals surface area contributed by atoms with Crippen molar-refractivity contribution in [2.75, 3.05) is 23.3 Å². The first-order valence-electron chi connectivity index (χ1n) is 8.09. The van der Waals surface area contributed by atoms with Crippen LogP contribution in [0, 0.1) is 0 Å². The molecule has 0 bridgehead atoms. The highest BCUT2D eigenvalue weighted by Crippen LogP contribution is 2.19. The van der Waals surface area contributed by atoms with Crippen LogP contribution in [0.1, 0.15) is 29.6 Å². The highest BCUT2D eigenvalue weighted by molar-refractivity contribution is 7.89. The summed E-state index contributed by atoms with van der Waals surface area (Å²) in [6.07, 6.45) is 5.23. The van der Waals surface area contributed by atoms with Gasteiger partial charge in [-0.15, -0.1) is 0 Å². The second kappa shape index (κ2) is 7.20. The van der Waals surface area contributed by atoms with Gasteiger partial charge in [0, 0.05) is 18.7 Å². The summed E-state index contributed by atoms with van der Waals surface area (Å²) in [6, 6.07) is 9.16. The fourth-order valence-corrected chi connectivity index (χ4v) is 3.28. The number of amides is 1. The molecule has 2 aromatic rings. The molecule has 1 amide bonds. The molecule has 0 saturated carbocycles. The van der Waals surface area contributed by atoms with Gasteiger partial charge in [0.2, 0.25) is 10.0 Å². The zero-order valence-electron chi connectivity index (χ0n) is 13.7. The molecule has 2 heterocycles. The molecule has 1 aromatic carbocycles. The third-order valence-corrected chi connectivity index (χ3v) is 5.06. The van der Waals surface area contributed by atoms with Gasteiger partial charge >= 0.3 is 0 Å². The molecule has 1 aliphatic rings. The molecule has 1 fully saturated rings. The van der Waals surface area contributed by atoms with Crippen molar-refractivity contribution < 1.29 is 13.2 Å². The predicted octanol–water partition coefficient (Wildman–Crippen LogP) is 1.97. The highest BCUT2D eigenvalue weighted by atomic mass is 32.2. The van der Waals surface area contributed by atoms with Crippen LogP contribution in [0.4, 0.5) is 11.5 Å². The number of nitrogens with zero attached hydrogens (tertiary/aromatic N) is 2. The maximum absolute atomic E-state index is 12.2. The Bertz CT molecular complexity index is 842. The van der Waals surface area contributed by atoms with Gasteiger partial charge in [0.25, 0.3) is 5.91 Å². The minimum absolute atomic E-state index is 0.0309. The monoisotopic (exact) mass is 360 g/mol. The molecule has 8 heteroatoms. The number of sulfonamides is 1. The summed E-state index contributed by atoms with van der Waals surface area (Å²) in [5.74, 6) is 0.573. The summed E-state index contributed by atoms with van der Waals surface area (Å²) in [6.45, 7) is 2.02. The summed E-state index contributed by atoms with van der Waals surface area (Å²) in [5, 5.41) is 7.79. The SMILES string of the molecule is NS(=O)(=O)c1ccc(C(=O)Nc2ccc(N3CCCCC3)nc2)cc1. The Morgan fingerprint density at radius 2 is 1.72 bits per heavy atom. The van der Waals surface area contributed by atoms with E-state index in [4.69, 9.17) is 5.14 Å². The van der Waals surface area contributed by atoms with E-state index in [-0.39, 0.29) is 10.8 Å². The molecule has 7 nitrogen and oxygen atoms in total. The number of rotatable bonds is 4. The van der Waals surface area contributed by atoms with E-state index in [0.29, 0.717) is 11.3 Å². The van der Waals surface area contributed by atoms with Gasteiger partial charge in [-0.25, -0.2) is 18.5 Å². The van der Waals surface area contributed by atoms with E-state index < -0.39 is 10.0 Å². The van der Waals surface area contributed by atoms with Crippen molar-refractivity contribution in [3.05, 3.63) is 48.2 Å². The van der Waals surface area contributed by atoms with Crippen molar-refractivity contribution in [2.24, 2.45) is 5.14 Å². The molecular weight excluding hydrogens is 340 g/mol. The first-order valence-corrected chi connectivity index (χ1v) is 9.63. The molecule has 1 saturated heterocycles. The molecule has 0 atom stereocenters. The van der Waals surface area contributed by atoms with E-state index in [9.17, 15) is 13.2 Å². The molecule has 25 heavy (non-hydrogen) atoms. The topological polar surface area (TPSA) is 105 Å². The Balaban J connectivity index is 1.66. The molecule has 0 unspecified atom stereocenters. The van der Waals surface area contributed by atoms with Crippen LogP contribution in [0.3, 0.4) is 0 Å². The van der Waals surface area contributed by atoms with E-state index >= 15 is 0 Å². The van der Waals surface area contributed by atoms with Crippen LogP contribution in [-0.4, -0.2) is 32.4 Å². The van der Waals surface area contributed by atoms with E-state index in [1.54, 1.807) is 6.20 Å². The Morgan fingerprint density at radius 1 is 1.04 bits per heavy atom.